The number of benzene rings is 1. The highest BCUT2D eigenvalue weighted by Crippen LogP contribution is 2.26. The van der Waals surface area contributed by atoms with E-state index in [0.29, 0.717) is 26.2 Å². The summed E-state index contributed by atoms with van der Waals surface area (Å²) in [6, 6.07) is 9.83. The average Bonchev–Trinajstić information content (AvgIpc) is 3.11. The fourth-order valence-electron chi connectivity index (χ4n) is 3.30. The lowest BCUT2D eigenvalue weighted by Crippen LogP contribution is -2.54. The standard InChI is InChI=1S/C21H26N4O2/c1-21(2,18-7-5-4-6-8-18)20(27)25-13-11-24(12-14-25)19(26)10-9-17-15-22-23(3)16-17/h4-10,15-16H,11-14H2,1-3H3/b10-9+. The van der Waals surface area contributed by atoms with Gasteiger partial charge < -0.3 is 9.80 Å². The first kappa shape index (κ1) is 18.9. The summed E-state index contributed by atoms with van der Waals surface area (Å²) in [5.74, 6) is 0.0694. The highest BCUT2D eigenvalue weighted by atomic mass is 16.2. The Morgan fingerprint density at radius 2 is 1.67 bits per heavy atom. The molecule has 2 amide bonds. The van der Waals surface area contributed by atoms with Crippen LogP contribution in [-0.4, -0.2) is 57.6 Å². The Balaban J connectivity index is 1.57. The van der Waals surface area contributed by atoms with Crippen molar-refractivity contribution in [3.63, 3.8) is 0 Å². The van der Waals surface area contributed by atoms with Crippen molar-refractivity contribution in [3.8, 4) is 0 Å². The van der Waals surface area contributed by atoms with Gasteiger partial charge in [0.25, 0.3) is 0 Å². The summed E-state index contributed by atoms with van der Waals surface area (Å²) in [7, 11) is 1.84. The molecule has 0 saturated carbocycles. The zero-order chi connectivity index (χ0) is 19.4. The summed E-state index contributed by atoms with van der Waals surface area (Å²) >= 11 is 0. The third kappa shape index (κ3) is 4.27. The van der Waals surface area contributed by atoms with Crippen LogP contribution >= 0.6 is 0 Å². The minimum absolute atomic E-state index is 0.0340. The predicted octanol–water partition coefficient (Wildman–Crippen LogP) is 2.08. The molecular weight excluding hydrogens is 340 g/mol. The molecule has 2 heterocycles. The van der Waals surface area contributed by atoms with Crippen molar-refractivity contribution >= 4 is 17.9 Å². The number of nitrogens with zero attached hydrogens (tertiary/aromatic N) is 4. The number of rotatable bonds is 4. The summed E-state index contributed by atoms with van der Waals surface area (Å²) < 4.78 is 1.70. The summed E-state index contributed by atoms with van der Waals surface area (Å²) in [6.07, 6.45) is 6.91. The molecule has 1 aliphatic heterocycles. The van der Waals surface area contributed by atoms with Crippen molar-refractivity contribution in [1.29, 1.82) is 0 Å². The number of carbonyl (C=O) groups excluding carboxylic acids is 2. The van der Waals surface area contributed by atoms with Crippen LogP contribution in [0.1, 0.15) is 25.0 Å². The first-order valence-electron chi connectivity index (χ1n) is 9.18. The van der Waals surface area contributed by atoms with Crippen LogP contribution < -0.4 is 0 Å². The van der Waals surface area contributed by atoms with Gasteiger partial charge in [0.15, 0.2) is 0 Å². The van der Waals surface area contributed by atoms with E-state index in [2.05, 4.69) is 5.10 Å². The minimum Gasteiger partial charge on any atom is -0.338 e. The summed E-state index contributed by atoms with van der Waals surface area (Å²) in [4.78, 5) is 29.0. The number of piperazine rings is 1. The summed E-state index contributed by atoms with van der Waals surface area (Å²) in [5, 5.41) is 4.08. The first-order chi connectivity index (χ1) is 12.9. The second-order valence-corrected chi connectivity index (χ2v) is 7.39. The lowest BCUT2D eigenvalue weighted by molar-refractivity contribution is -0.141. The molecule has 1 fully saturated rings. The van der Waals surface area contributed by atoms with Crippen molar-refractivity contribution in [2.75, 3.05) is 26.2 Å². The third-order valence-electron chi connectivity index (χ3n) is 5.05. The van der Waals surface area contributed by atoms with Crippen LogP contribution in [0.15, 0.2) is 48.8 Å². The molecule has 0 aliphatic carbocycles. The Hall–Kier alpha value is -2.89. The van der Waals surface area contributed by atoms with Crippen LogP contribution in [0.25, 0.3) is 6.08 Å². The van der Waals surface area contributed by atoms with Gasteiger partial charge in [0.05, 0.1) is 11.6 Å². The molecule has 2 aromatic rings. The Bertz CT molecular complexity index is 831. The number of hydrogen-bond donors (Lipinski definition) is 0. The molecule has 0 unspecified atom stereocenters. The van der Waals surface area contributed by atoms with Crippen LogP contribution in [0.4, 0.5) is 0 Å². The zero-order valence-electron chi connectivity index (χ0n) is 16.1. The molecule has 142 valence electrons. The molecule has 6 heteroatoms. The molecule has 1 aromatic carbocycles. The van der Waals surface area contributed by atoms with E-state index < -0.39 is 5.41 Å². The van der Waals surface area contributed by atoms with Crippen molar-refractivity contribution in [1.82, 2.24) is 19.6 Å². The van der Waals surface area contributed by atoms with E-state index in [0.717, 1.165) is 11.1 Å². The van der Waals surface area contributed by atoms with Gasteiger partial charge in [0.1, 0.15) is 0 Å². The van der Waals surface area contributed by atoms with E-state index in [-0.39, 0.29) is 11.8 Å². The lowest BCUT2D eigenvalue weighted by atomic mass is 9.83. The van der Waals surface area contributed by atoms with E-state index in [1.807, 2.05) is 62.3 Å². The van der Waals surface area contributed by atoms with Crippen LogP contribution in [0, 0.1) is 0 Å². The molecule has 6 nitrogen and oxygen atoms in total. The molecule has 0 radical (unpaired) electrons. The second-order valence-electron chi connectivity index (χ2n) is 7.39. The number of aryl methyl sites for hydroxylation is 1. The predicted molar refractivity (Wildman–Crippen MR) is 105 cm³/mol. The molecule has 1 aromatic heterocycles. The van der Waals surface area contributed by atoms with Gasteiger partial charge in [-0.1, -0.05) is 30.3 Å². The van der Waals surface area contributed by atoms with Crippen molar-refractivity contribution in [3.05, 3.63) is 59.9 Å². The molecular formula is C21H26N4O2. The minimum atomic E-state index is -0.576. The normalized spacial score (nSPS) is 15.4. The molecule has 0 spiro atoms. The van der Waals surface area contributed by atoms with E-state index in [1.54, 1.807) is 27.9 Å². The Kier molecular flexibility index (Phi) is 5.44. The quantitative estimate of drug-likeness (QED) is 0.779. The van der Waals surface area contributed by atoms with Gasteiger partial charge in [-0.2, -0.15) is 5.10 Å². The Morgan fingerprint density at radius 3 is 2.26 bits per heavy atom. The third-order valence-corrected chi connectivity index (χ3v) is 5.05. The van der Waals surface area contributed by atoms with Crippen molar-refractivity contribution < 1.29 is 9.59 Å². The van der Waals surface area contributed by atoms with Gasteiger partial charge in [-0.25, -0.2) is 0 Å². The second kappa shape index (κ2) is 7.78. The molecule has 0 N–H and O–H groups in total. The summed E-state index contributed by atoms with van der Waals surface area (Å²) in [5.41, 5.74) is 1.32. The highest BCUT2D eigenvalue weighted by Gasteiger charge is 2.35. The summed E-state index contributed by atoms with van der Waals surface area (Å²) in [6.45, 7) is 6.13. The number of amides is 2. The van der Waals surface area contributed by atoms with Crippen LogP contribution in [0.3, 0.4) is 0 Å². The van der Waals surface area contributed by atoms with E-state index >= 15 is 0 Å². The van der Waals surface area contributed by atoms with E-state index in [1.165, 1.54) is 0 Å². The Labute approximate surface area is 160 Å². The van der Waals surface area contributed by atoms with Crippen LogP contribution in [0.5, 0.6) is 0 Å². The average molecular weight is 366 g/mol. The smallest absolute Gasteiger partial charge is 0.246 e. The fourth-order valence-corrected chi connectivity index (χ4v) is 3.30. The van der Waals surface area contributed by atoms with E-state index in [4.69, 9.17) is 0 Å². The lowest BCUT2D eigenvalue weighted by Gasteiger charge is -2.38. The number of carbonyl (C=O) groups is 2. The molecule has 0 bridgehead atoms. The molecule has 27 heavy (non-hydrogen) atoms. The van der Waals surface area contributed by atoms with Crippen LogP contribution in [-0.2, 0) is 22.1 Å². The van der Waals surface area contributed by atoms with Crippen molar-refractivity contribution in [2.45, 2.75) is 19.3 Å². The monoisotopic (exact) mass is 366 g/mol. The molecule has 1 aliphatic rings. The molecule has 0 atom stereocenters. The maximum atomic E-state index is 13.0. The van der Waals surface area contributed by atoms with Gasteiger partial charge in [-0.05, 0) is 25.5 Å². The number of aromatic nitrogens is 2. The maximum Gasteiger partial charge on any atom is 0.246 e. The van der Waals surface area contributed by atoms with Gasteiger partial charge in [0, 0.05) is 51.1 Å². The SMILES string of the molecule is Cn1cc(/C=C/C(=O)N2CCN(C(=O)C(C)(C)c3ccccc3)CC2)cn1. The highest BCUT2D eigenvalue weighted by molar-refractivity contribution is 5.92. The van der Waals surface area contributed by atoms with Gasteiger partial charge in [0.2, 0.25) is 11.8 Å². The zero-order valence-corrected chi connectivity index (χ0v) is 16.1. The van der Waals surface area contributed by atoms with Gasteiger partial charge in [-0.3, -0.25) is 14.3 Å². The molecule has 3 rings (SSSR count). The van der Waals surface area contributed by atoms with Gasteiger partial charge in [-0.15, -0.1) is 0 Å². The number of hydrogen-bond acceptors (Lipinski definition) is 3. The Morgan fingerprint density at radius 1 is 1.04 bits per heavy atom. The van der Waals surface area contributed by atoms with Gasteiger partial charge >= 0.3 is 0 Å². The topological polar surface area (TPSA) is 58.4 Å². The maximum absolute atomic E-state index is 13.0. The fraction of sp³-hybridized carbons (Fsp3) is 0.381. The largest absolute Gasteiger partial charge is 0.338 e. The van der Waals surface area contributed by atoms with E-state index in [9.17, 15) is 9.59 Å². The first-order valence-corrected chi connectivity index (χ1v) is 9.18. The van der Waals surface area contributed by atoms with Crippen LogP contribution in [0.2, 0.25) is 0 Å². The molecule has 1 saturated heterocycles. The van der Waals surface area contributed by atoms with Crippen molar-refractivity contribution in [2.24, 2.45) is 7.05 Å².